The summed E-state index contributed by atoms with van der Waals surface area (Å²) in [5.41, 5.74) is -0.456. The van der Waals surface area contributed by atoms with E-state index in [2.05, 4.69) is 26.6 Å². The molecule has 0 radical (unpaired) electrons. The summed E-state index contributed by atoms with van der Waals surface area (Å²) < 4.78 is 53.5. The SMILES string of the molecule is O=C(Nc1ccc(F)cc1F)c1cc(NC(=O)[C@H]2[C@@H](c3cc(F)cc(Br)c3F)C2(Cl)Cl)ccc1Cl. The monoisotopic (exact) mass is 608 g/mol. The van der Waals surface area contributed by atoms with Gasteiger partial charge in [0.1, 0.15) is 27.6 Å². The van der Waals surface area contributed by atoms with E-state index < -0.39 is 51.3 Å². The molecule has 2 N–H and O–H groups in total. The maximum Gasteiger partial charge on any atom is 0.257 e. The van der Waals surface area contributed by atoms with Crippen molar-refractivity contribution >= 4 is 73.9 Å². The summed E-state index contributed by atoms with van der Waals surface area (Å²) in [4.78, 5) is 25.5. The molecule has 3 aromatic carbocycles. The largest absolute Gasteiger partial charge is 0.326 e. The number of anilines is 2. The van der Waals surface area contributed by atoms with Crippen molar-refractivity contribution < 1.29 is 27.2 Å². The van der Waals surface area contributed by atoms with Gasteiger partial charge in [-0.2, -0.15) is 0 Å². The Morgan fingerprint density at radius 3 is 2.31 bits per heavy atom. The minimum absolute atomic E-state index is 0.0111. The van der Waals surface area contributed by atoms with Crippen LogP contribution in [0.1, 0.15) is 21.8 Å². The highest BCUT2D eigenvalue weighted by atomic mass is 79.9. The summed E-state index contributed by atoms with van der Waals surface area (Å²) in [5.74, 6) is -7.04. The van der Waals surface area contributed by atoms with Gasteiger partial charge in [0.2, 0.25) is 5.91 Å². The van der Waals surface area contributed by atoms with Gasteiger partial charge in [0.05, 0.1) is 26.7 Å². The zero-order valence-electron chi connectivity index (χ0n) is 17.1. The minimum Gasteiger partial charge on any atom is -0.326 e. The lowest BCUT2D eigenvalue weighted by Crippen LogP contribution is -2.18. The predicted octanol–water partition coefficient (Wildman–Crippen LogP) is 7.44. The van der Waals surface area contributed by atoms with E-state index in [1.54, 1.807) is 0 Å². The Morgan fingerprint density at radius 1 is 0.914 bits per heavy atom. The number of carbonyl (C=O) groups excluding carboxylic acids is 2. The Morgan fingerprint density at radius 2 is 1.63 bits per heavy atom. The fraction of sp³-hybridized carbons (Fsp3) is 0.130. The highest BCUT2D eigenvalue weighted by Crippen LogP contribution is 2.65. The van der Waals surface area contributed by atoms with Crippen LogP contribution in [0.15, 0.2) is 53.0 Å². The fourth-order valence-electron chi connectivity index (χ4n) is 3.62. The first-order valence-corrected chi connectivity index (χ1v) is 11.7. The molecule has 12 heteroatoms. The van der Waals surface area contributed by atoms with Crippen LogP contribution in [-0.2, 0) is 4.79 Å². The molecule has 1 saturated carbocycles. The van der Waals surface area contributed by atoms with Gasteiger partial charge in [0, 0.05) is 17.7 Å². The van der Waals surface area contributed by atoms with Crippen LogP contribution in [-0.4, -0.2) is 16.1 Å². The molecule has 2 amide bonds. The molecule has 0 heterocycles. The van der Waals surface area contributed by atoms with Crippen molar-refractivity contribution in [3.05, 3.63) is 92.4 Å². The molecule has 35 heavy (non-hydrogen) atoms. The van der Waals surface area contributed by atoms with E-state index in [9.17, 15) is 27.2 Å². The van der Waals surface area contributed by atoms with Gasteiger partial charge in [-0.3, -0.25) is 9.59 Å². The quantitative estimate of drug-likeness (QED) is 0.179. The second kappa shape index (κ2) is 9.61. The van der Waals surface area contributed by atoms with Crippen molar-refractivity contribution in [3.63, 3.8) is 0 Å². The van der Waals surface area contributed by atoms with Gasteiger partial charge in [-0.05, 0) is 64.0 Å². The molecule has 3 aromatic rings. The Kier molecular flexibility index (Phi) is 7.07. The maximum absolute atomic E-state index is 14.5. The molecule has 0 aromatic heterocycles. The van der Waals surface area contributed by atoms with Gasteiger partial charge in [0.25, 0.3) is 5.91 Å². The lowest BCUT2D eigenvalue weighted by Gasteiger charge is -2.11. The van der Waals surface area contributed by atoms with E-state index in [0.29, 0.717) is 6.07 Å². The molecule has 1 aliphatic rings. The number of amides is 2. The van der Waals surface area contributed by atoms with Crippen LogP contribution < -0.4 is 10.6 Å². The standard InChI is InChI=1S/C23H12BrCl3F4N2O2/c24-14-6-10(29)5-13(20(14)31)18-19(23(18,26)27)22(35)32-11-2-3-15(25)12(8-11)21(34)33-17-4-1-9(28)7-16(17)30/h1-8,18-19H,(H,32,35)(H,33,34)/t18-,19-/m1/s1. The van der Waals surface area contributed by atoms with Crippen molar-refractivity contribution in [1.29, 1.82) is 0 Å². The molecule has 4 nitrogen and oxygen atoms in total. The summed E-state index contributed by atoms with van der Waals surface area (Å²) in [6.45, 7) is 0. The van der Waals surface area contributed by atoms with Gasteiger partial charge in [-0.15, -0.1) is 23.2 Å². The first-order valence-electron chi connectivity index (χ1n) is 9.79. The molecule has 0 spiro atoms. The molecular weight excluding hydrogens is 599 g/mol. The maximum atomic E-state index is 14.5. The average Bonchev–Trinajstić information content (AvgIpc) is 3.35. The van der Waals surface area contributed by atoms with Crippen molar-refractivity contribution in [1.82, 2.24) is 0 Å². The molecule has 0 unspecified atom stereocenters. The van der Waals surface area contributed by atoms with Crippen LogP contribution in [0.3, 0.4) is 0 Å². The lowest BCUT2D eigenvalue weighted by atomic mass is 10.1. The van der Waals surface area contributed by atoms with Crippen LogP contribution in [0.2, 0.25) is 5.02 Å². The number of nitrogens with one attached hydrogen (secondary N) is 2. The first-order chi connectivity index (χ1) is 16.4. The number of carbonyl (C=O) groups is 2. The van der Waals surface area contributed by atoms with Gasteiger partial charge in [-0.25, -0.2) is 17.6 Å². The average molecular weight is 611 g/mol. The molecule has 2 atom stereocenters. The first kappa shape index (κ1) is 25.8. The second-order valence-corrected chi connectivity index (χ2v) is 10.4. The Hall–Kier alpha value is -2.33. The molecule has 0 aliphatic heterocycles. The van der Waals surface area contributed by atoms with Crippen LogP contribution in [0.4, 0.5) is 28.9 Å². The molecule has 0 bridgehead atoms. The van der Waals surface area contributed by atoms with E-state index in [-0.39, 0.29) is 32.0 Å². The Labute approximate surface area is 219 Å². The van der Waals surface area contributed by atoms with Gasteiger partial charge >= 0.3 is 0 Å². The third kappa shape index (κ3) is 5.14. The van der Waals surface area contributed by atoms with Crippen molar-refractivity contribution in [2.75, 3.05) is 10.6 Å². The zero-order valence-corrected chi connectivity index (χ0v) is 21.0. The summed E-state index contributed by atoms with van der Waals surface area (Å²) >= 11 is 21.4. The minimum atomic E-state index is -1.70. The van der Waals surface area contributed by atoms with Crippen molar-refractivity contribution in [2.45, 2.75) is 10.3 Å². The third-order valence-electron chi connectivity index (χ3n) is 5.35. The van der Waals surface area contributed by atoms with E-state index in [1.807, 2.05) is 0 Å². The van der Waals surface area contributed by atoms with Crippen LogP contribution in [0, 0.1) is 29.2 Å². The highest BCUT2D eigenvalue weighted by Gasteiger charge is 2.68. The topological polar surface area (TPSA) is 58.2 Å². The highest BCUT2D eigenvalue weighted by molar-refractivity contribution is 9.10. The van der Waals surface area contributed by atoms with Crippen LogP contribution in [0.25, 0.3) is 0 Å². The summed E-state index contributed by atoms with van der Waals surface area (Å²) in [6, 6.07) is 8.37. The van der Waals surface area contributed by atoms with Crippen LogP contribution in [0.5, 0.6) is 0 Å². The molecule has 1 fully saturated rings. The molecule has 182 valence electrons. The zero-order chi connectivity index (χ0) is 25.7. The van der Waals surface area contributed by atoms with Gasteiger partial charge < -0.3 is 10.6 Å². The number of hydrogen-bond donors (Lipinski definition) is 2. The van der Waals surface area contributed by atoms with E-state index in [1.165, 1.54) is 18.2 Å². The fourth-order valence-corrected chi connectivity index (χ4v) is 5.08. The Balaban J connectivity index is 1.54. The number of halogens is 8. The van der Waals surface area contributed by atoms with Crippen molar-refractivity contribution in [3.8, 4) is 0 Å². The smallest absolute Gasteiger partial charge is 0.257 e. The van der Waals surface area contributed by atoms with E-state index >= 15 is 0 Å². The summed E-state index contributed by atoms with van der Waals surface area (Å²) in [5, 5.41) is 4.77. The van der Waals surface area contributed by atoms with Crippen LogP contribution >= 0.6 is 50.7 Å². The molecule has 0 saturated heterocycles. The third-order valence-corrected chi connectivity index (χ3v) is 7.20. The van der Waals surface area contributed by atoms with Gasteiger partial charge in [0.15, 0.2) is 0 Å². The normalized spacial score (nSPS) is 18.2. The molecule has 1 aliphatic carbocycles. The Bertz CT molecular complexity index is 1370. The number of benzene rings is 3. The summed E-state index contributed by atoms with van der Waals surface area (Å²) in [6.07, 6.45) is 0. The number of alkyl halides is 2. The van der Waals surface area contributed by atoms with E-state index in [4.69, 9.17) is 34.8 Å². The second-order valence-electron chi connectivity index (χ2n) is 7.68. The predicted molar refractivity (Wildman–Crippen MR) is 129 cm³/mol. The van der Waals surface area contributed by atoms with Gasteiger partial charge in [-0.1, -0.05) is 11.6 Å². The molecular formula is C23H12BrCl3F4N2O2. The number of hydrogen-bond acceptors (Lipinski definition) is 2. The van der Waals surface area contributed by atoms with E-state index in [0.717, 1.165) is 24.3 Å². The lowest BCUT2D eigenvalue weighted by molar-refractivity contribution is -0.117. The molecule has 4 rings (SSSR count). The number of rotatable bonds is 5. The summed E-state index contributed by atoms with van der Waals surface area (Å²) in [7, 11) is 0. The van der Waals surface area contributed by atoms with Crippen molar-refractivity contribution in [2.24, 2.45) is 5.92 Å².